The van der Waals surface area contributed by atoms with E-state index in [2.05, 4.69) is 10.2 Å². The number of benzene rings is 1. The molecule has 8 heteroatoms. The van der Waals surface area contributed by atoms with E-state index in [1.165, 1.54) is 6.07 Å². The third-order valence-electron chi connectivity index (χ3n) is 2.90. The van der Waals surface area contributed by atoms with Gasteiger partial charge in [0.25, 0.3) is 6.02 Å². The van der Waals surface area contributed by atoms with Crippen LogP contribution in [0.1, 0.15) is 25.8 Å². The molecule has 0 radical (unpaired) electrons. The molecule has 0 saturated carbocycles. The lowest BCUT2D eigenvalue weighted by Crippen LogP contribution is -2.40. The van der Waals surface area contributed by atoms with Crippen LogP contribution in [-0.2, 0) is 14.0 Å². The Morgan fingerprint density at radius 1 is 1.43 bits per heavy atom. The van der Waals surface area contributed by atoms with Crippen molar-refractivity contribution in [1.29, 1.82) is 0 Å². The van der Waals surface area contributed by atoms with Gasteiger partial charge in [0.15, 0.2) is 0 Å². The van der Waals surface area contributed by atoms with E-state index in [1.54, 1.807) is 25.1 Å². The zero-order valence-electron chi connectivity index (χ0n) is 12.0. The van der Waals surface area contributed by atoms with Crippen molar-refractivity contribution in [1.82, 2.24) is 0 Å². The molecule has 1 aliphatic heterocycles. The second-order valence-corrected chi connectivity index (χ2v) is 4.62. The summed E-state index contributed by atoms with van der Waals surface area (Å²) in [6.07, 6.45) is 0.821. The summed E-state index contributed by atoms with van der Waals surface area (Å²) in [5.74, 6) is -0.374. The zero-order chi connectivity index (χ0) is 15.2. The quantitative estimate of drug-likeness (QED) is 0.398. The lowest BCUT2D eigenvalue weighted by Gasteiger charge is -2.23. The topological polar surface area (TPSA) is 78.4 Å². The van der Waals surface area contributed by atoms with Crippen LogP contribution in [0.5, 0.6) is 0 Å². The van der Waals surface area contributed by atoms with Gasteiger partial charge in [-0.15, -0.1) is 0 Å². The summed E-state index contributed by atoms with van der Waals surface area (Å²) in [7, 11) is -0.888. The van der Waals surface area contributed by atoms with Crippen molar-refractivity contribution in [2.24, 2.45) is 15.9 Å². The average molecular weight is 293 g/mol. The largest absolute Gasteiger partial charge is 0.715 e. The van der Waals surface area contributed by atoms with Crippen LogP contribution in [0, 0.1) is 5.82 Å². The Labute approximate surface area is 123 Å². The predicted molar refractivity (Wildman–Crippen MR) is 78.2 cm³/mol. The van der Waals surface area contributed by atoms with E-state index in [9.17, 15) is 4.39 Å². The molecule has 112 valence electrons. The van der Waals surface area contributed by atoms with Gasteiger partial charge >= 0.3 is 7.32 Å². The van der Waals surface area contributed by atoms with E-state index < -0.39 is 7.32 Å². The van der Waals surface area contributed by atoms with Crippen LogP contribution in [0.25, 0.3) is 0 Å². The minimum Gasteiger partial charge on any atom is -0.483 e. The highest BCUT2D eigenvalue weighted by molar-refractivity contribution is 6.39. The van der Waals surface area contributed by atoms with Gasteiger partial charge in [-0.2, -0.15) is 5.10 Å². The average Bonchev–Trinajstić information content (AvgIpc) is 2.45. The standard InChI is InChI=1S/C13H17BFN3O3/c1-9-7-8-19-14(20-9)21-13(16)18-17-10(2)11-5-3-4-6-12(11)15/h3-6,9H,7-8H2,1-2H3,(H2,16,18)/b17-10-. The molecule has 1 aromatic rings. The molecule has 21 heavy (non-hydrogen) atoms. The van der Waals surface area contributed by atoms with Crippen molar-refractivity contribution in [3.8, 4) is 0 Å². The fraction of sp³-hybridized carbons (Fsp3) is 0.385. The van der Waals surface area contributed by atoms with Gasteiger partial charge in [0.1, 0.15) is 5.82 Å². The molecule has 2 N–H and O–H groups in total. The Hall–Kier alpha value is -1.93. The third kappa shape index (κ3) is 4.54. The zero-order valence-corrected chi connectivity index (χ0v) is 12.0. The maximum atomic E-state index is 13.5. The number of nitrogens with two attached hydrogens (primary N) is 1. The number of halogens is 1. The molecule has 0 aliphatic carbocycles. The van der Waals surface area contributed by atoms with Crippen LogP contribution in [0.2, 0.25) is 0 Å². The molecule has 1 saturated heterocycles. The molecule has 0 aromatic heterocycles. The molecule has 1 aromatic carbocycles. The van der Waals surface area contributed by atoms with Gasteiger partial charge < -0.3 is 19.7 Å². The highest BCUT2D eigenvalue weighted by Crippen LogP contribution is 2.10. The molecule has 0 spiro atoms. The fourth-order valence-corrected chi connectivity index (χ4v) is 1.74. The van der Waals surface area contributed by atoms with Crippen molar-refractivity contribution < 1.29 is 18.4 Å². The van der Waals surface area contributed by atoms with Gasteiger partial charge in [0, 0.05) is 18.3 Å². The Morgan fingerprint density at radius 3 is 2.90 bits per heavy atom. The summed E-state index contributed by atoms with van der Waals surface area (Å²) in [6, 6.07) is 6.07. The molecule has 0 bridgehead atoms. The first-order chi connectivity index (χ1) is 10.1. The van der Waals surface area contributed by atoms with Crippen molar-refractivity contribution in [2.75, 3.05) is 6.61 Å². The van der Waals surface area contributed by atoms with Crippen molar-refractivity contribution in [3.05, 3.63) is 35.6 Å². The summed E-state index contributed by atoms with van der Waals surface area (Å²) in [5, 5.41) is 7.54. The Kier molecular flexibility index (Phi) is 5.29. The van der Waals surface area contributed by atoms with Crippen LogP contribution in [0.3, 0.4) is 0 Å². The number of nitrogens with zero attached hydrogens (tertiary/aromatic N) is 2. The van der Waals surface area contributed by atoms with Gasteiger partial charge in [0.2, 0.25) is 0 Å². The van der Waals surface area contributed by atoms with Gasteiger partial charge in [0.05, 0.1) is 5.71 Å². The normalized spacial score (nSPS) is 20.5. The van der Waals surface area contributed by atoms with Crippen molar-refractivity contribution in [2.45, 2.75) is 26.4 Å². The maximum absolute atomic E-state index is 13.5. The van der Waals surface area contributed by atoms with E-state index in [0.717, 1.165) is 6.42 Å². The van der Waals surface area contributed by atoms with E-state index >= 15 is 0 Å². The minimum atomic E-state index is -0.888. The summed E-state index contributed by atoms with van der Waals surface area (Å²) in [5.41, 5.74) is 6.32. The SMILES string of the molecule is C/C(=N/N=C(/N)OB1OCCC(C)O1)c1ccccc1F. The first kappa shape index (κ1) is 15.5. The fourth-order valence-electron chi connectivity index (χ4n) is 1.74. The smallest absolute Gasteiger partial charge is 0.483 e. The Balaban J connectivity index is 1.99. The van der Waals surface area contributed by atoms with Crippen LogP contribution in [-0.4, -0.2) is 31.8 Å². The maximum Gasteiger partial charge on any atom is 0.715 e. The van der Waals surface area contributed by atoms with E-state index in [-0.39, 0.29) is 17.9 Å². The highest BCUT2D eigenvalue weighted by atomic mass is 19.1. The molecule has 1 aliphatic rings. The molecule has 1 atom stereocenters. The molecular formula is C13H17BFN3O3. The molecule has 1 heterocycles. The van der Waals surface area contributed by atoms with Gasteiger partial charge in [-0.1, -0.05) is 23.3 Å². The van der Waals surface area contributed by atoms with Crippen LogP contribution in [0.4, 0.5) is 4.39 Å². The Morgan fingerprint density at radius 2 is 2.19 bits per heavy atom. The third-order valence-corrected chi connectivity index (χ3v) is 2.90. The lowest BCUT2D eigenvalue weighted by molar-refractivity contribution is 0.0388. The second kappa shape index (κ2) is 7.19. The monoisotopic (exact) mass is 293 g/mol. The second-order valence-electron chi connectivity index (χ2n) is 4.62. The van der Waals surface area contributed by atoms with Gasteiger partial charge in [-0.25, -0.2) is 4.39 Å². The predicted octanol–water partition coefficient (Wildman–Crippen LogP) is 1.69. The first-order valence-corrected chi connectivity index (χ1v) is 6.62. The molecule has 0 amide bonds. The number of hydrogen-bond acceptors (Lipinski definition) is 5. The van der Waals surface area contributed by atoms with E-state index in [1.807, 2.05) is 6.92 Å². The van der Waals surface area contributed by atoms with Crippen molar-refractivity contribution in [3.63, 3.8) is 0 Å². The molecule has 1 unspecified atom stereocenters. The molecule has 6 nitrogen and oxygen atoms in total. The van der Waals surface area contributed by atoms with Crippen LogP contribution in [0.15, 0.2) is 34.5 Å². The summed E-state index contributed by atoms with van der Waals surface area (Å²) in [6.45, 7) is 4.06. The number of rotatable bonds is 3. The van der Waals surface area contributed by atoms with Crippen LogP contribution < -0.4 is 5.73 Å². The van der Waals surface area contributed by atoms with E-state index in [4.69, 9.17) is 19.7 Å². The van der Waals surface area contributed by atoms with Gasteiger partial charge in [-0.3, -0.25) is 0 Å². The van der Waals surface area contributed by atoms with Gasteiger partial charge in [-0.05, 0) is 26.3 Å². The molecule has 1 fully saturated rings. The summed E-state index contributed by atoms with van der Waals surface area (Å²) in [4.78, 5) is 0. The van der Waals surface area contributed by atoms with E-state index in [0.29, 0.717) is 17.9 Å². The highest BCUT2D eigenvalue weighted by Gasteiger charge is 2.31. The number of hydrogen-bond donors (Lipinski definition) is 1. The first-order valence-electron chi connectivity index (χ1n) is 6.62. The summed E-state index contributed by atoms with van der Waals surface area (Å²) >= 11 is 0. The lowest BCUT2D eigenvalue weighted by atomic mass is 10.1. The number of amidine groups is 1. The van der Waals surface area contributed by atoms with Crippen LogP contribution >= 0.6 is 0 Å². The minimum absolute atomic E-state index is 0.0280. The molecule has 2 rings (SSSR count). The Bertz CT molecular complexity index is 553. The van der Waals surface area contributed by atoms with Crippen molar-refractivity contribution >= 4 is 19.1 Å². The molecular weight excluding hydrogens is 276 g/mol. The summed E-state index contributed by atoms with van der Waals surface area (Å²) < 4.78 is 29.3.